The van der Waals surface area contributed by atoms with E-state index in [0.29, 0.717) is 0 Å². The maximum absolute atomic E-state index is 12.6. The fourth-order valence-electron chi connectivity index (χ4n) is 4.95. The van der Waals surface area contributed by atoms with Crippen LogP contribution in [0.5, 0.6) is 0 Å². The number of rotatable bonds is 11. The molecule has 0 bridgehead atoms. The Balaban J connectivity index is 1.56. The minimum atomic E-state index is 0.0800. The first-order chi connectivity index (χ1) is 14.2. The van der Waals surface area contributed by atoms with Gasteiger partial charge >= 0.3 is 5.97 Å². The standard InChI is InChI=1S/C26H41NO2/c1-2-3-4-8-11-23-15-19-25(20-16-23)29-26(28)24-17-13-22(14-18-24)12-9-6-5-7-10-21-27/h5-7,10,22-25H,2-4,8-9,11-20H2,1H3/t22-,23-,24-,25-. The topological polar surface area (TPSA) is 50.1 Å². The van der Waals surface area contributed by atoms with Gasteiger partial charge in [-0.3, -0.25) is 4.79 Å². The van der Waals surface area contributed by atoms with Gasteiger partial charge in [0.05, 0.1) is 12.0 Å². The van der Waals surface area contributed by atoms with Crippen LogP contribution in [0.2, 0.25) is 0 Å². The highest BCUT2D eigenvalue weighted by Crippen LogP contribution is 2.34. The largest absolute Gasteiger partial charge is 0.462 e. The molecule has 0 amide bonds. The van der Waals surface area contributed by atoms with Crippen molar-refractivity contribution in [2.24, 2.45) is 17.8 Å². The fraction of sp³-hybridized carbons (Fsp3) is 0.769. The highest BCUT2D eigenvalue weighted by molar-refractivity contribution is 5.72. The molecule has 0 atom stereocenters. The number of nitrogens with zero attached hydrogens (tertiary/aromatic N) is 1. The van der Waals surface area contributed by atoms with Gasteiger partial charge in [0.1, 0.15) is 6.10 Å². The number of carbonyl (C=O) groups excluding carboxylic acids is 1. The quantitative estimate of drug-likeness (QED) is 0.159. The van der Waals surface area contributed by atoms with Crippen LogP contribution >= 0.6 is 0 Å². The zero-order valence-electron chi connectivity index (χ0n) is 18.5. The number of unbranched alkanes of at least 4 members (excludes halogenated alkanes) is 3. The van der Waals surface area contributed by atoms with Crippen LogP contribution in [-0.2, 0) is 9.53 Å². The summed E-state index contributed by atoms with van der Waals surface area (Å²) >= 11 is 0. The normalized spacial score (nSPS) is 27.9. The molecule has 162 valence electrons. The van der Waals surface area contributed by atoms with E-state index in [4.69, 9.17) is 10.00 Å². The molecular weight excluding hydrogens is 358 g/mol. The lowest BCUT2D eigenvalue weighted by Gasteiger charge is -2.31. The van der Waals surface area contributed by atoms with Gasteiger partial charge in [-0.25, -0.2) is 0 Å². The summed E-state index contributed by atoms with van der Waals surface area (Å²) in [5.74, 6) is 1.80. The molecule has 0 aliphatic heterocycles. The van der Waals surface area contributed by atoms with Gasteiger partial charge in [-0.15, -0.1) is 0 Å². The van der Waals surface area contributed by atoms with Gasteiger partial charge in [-0.05, 0) is 76.0 Å². The first-order valence-electron chi connectivity index (χ1n) is 12.1. The maximum Gasteiger partial charge on any atom is 0.309 e. The molecule has 2 saturated carbocycles. The van der Waals surface area contributed by atoms with E-state index in [1.54, 1.807) is 6.08 Å². The van der Waals surface area contributed by atoms with E-state index in [1.165, 1.54) is 57.4 Å². The predicted molar refractivity (Wildman–Crippen MR) is 119 cm³/mol. The summed E-state index contributed by atoms with van der Waals surface area (Å²) in [6.45, 7) is 2.27. The van der Waals surface area contributed by atoms with Crippen molar-refractivity contribution in [3.8, 4) is 6.07 Å². The number of nitriles is 1. The Morgan fingerprint density at radius 2 is 1.62 bits per heavy atom. The summed E-state index contributed by atoms with van der Waals surface area (Å²) in [5, 5.41) is 8.45. The number of hydrogen-bond acceptors (Lipinski definition) is 3. The second-order valence-electron chi connectivity index (χ2n) is 9.14. The second-order valence-corrected chi connectivity index (χ2v) is 9.14. The summed E-state index contributed by atoms with van der Waals surface area (Å²) in [6, 6.07) is 1.99. The van der Waals surface area contributed by atoms with Gasteiger partial charge in [0.15, 0.2) is 0 Å². The molecule has 2 fully saturated rings. The van der Waals surface area contributed by atoms with Crippen molar-refractivity contribution in [3.63, 3.8) is 0 Å². The predicted octanol–water partition coefficient (Wildman–Crippen LogP) is 7.28. The third-order valence-corrected chi connectivity index (χ3v) is 6.88. The van der Waals surface area contributed by atoms with Gasteiger partial charge in [-0.2, -0.15) is 5.26 Å². The van der Waals surface area contributed by atoms with Gasteiger partial charge in [0.2, 0.25) is 0 Å². The summed E-state index contributed by atoms with van der Waals surface area (Å²) in [7, 11) is 0. The third kappa shape index (κ3) is 9.66. The van der Waals surface area contributed by atoms with Crippen molar-refractivity contribution in [3.05, 3.63) is 24.3 Å². The van der Waals surface area contributed by atoms with Gasteiger partial charge in [-0.1, -0.05) is 57.3 Å². The van der Waals surface area contributed by atoms with Crippen LogP contribution in [0.25, 0.3) is 0 Å². The summed E-state index contributed by atoms with van der Waals surface area (Å²) < 4.78 is 5.91. The molecule has 3 nitrogen and oxygen atoms in total. The van der Waals surface area contributed by atoms with Crippen molar-refractivity contribution < 1.29 is 9.53 Å². The monoisotopic (exact) mass is 399 g/mol. The lowest BCUT2D eigenvalue weighted by atomic mass is 9.80. The molecular formula is C26H41NO2. The summed E-state index contributed by atoms with van der Waals surface area (Å²) in [5.41, 5.74) is 0. The number of carbonyl (C=O) groups is 1. The third-order valence-electron chi connectivity index (χ3n) is 6.88. The minimum absolute atomic E-state index is 0.0800. The van der Waals surface area contributed by atoms with Crippen molar-refractivity contribution in [1.82, 2.24) is 0 Å². The Morgan fingerprint density at radius 3 is 2.31 bits per heavy atom. The molecule has 0 saturated heterocycles. The second kappa shape index (κ2) is 14.4. The number of esters is 1. The summed E-state index contributed by atoms with van der Waals surface area (Å²) in [4.78, 5) is 12.6. The minimum Gasteiger partial charge on any atom is -0.462 e. The first-order valence-corrected chi connectivity index (χ1v) is 12.1. The Hall–Kier alpha value is -1.56. The van der Waals surface area contributed by atoms with Crippen LogP contribution in [-0.4, -0.2) is 12.1 Å². The van der Waals surface area contributed by atoms with E-state index in [2.05, 4.69) is 13.0 Å². The molecule has 0 unspecified atom stereocenters. The highest BCUT2D eigenvalue weighted by atomic mass is 16.5. The van der Waals surface area contributed by atoms with Crippen LogP contribution in [0.4, 0.5) is 0 Å². The first kappa shape index (κ1) is 23.7. The van der Waals surface area contributed by atoms with Crippen LogP contribution in [0.15, 0.2) is 24.3 Å². The Labute approximate surface area is 178 Å². The Morgan fingerprint density at radius 1 is 0.931 bits per heavy atom. The fourth-order valence-corrected chi connectivity index (χ4v) is 4.95. The van der Waals surface area contributed by atoms with Crippen molar-refractivity contribution in [2.45, 2.75) is 109 Å². The zero-order valence-corrected chi connectivity index (χ0v) is 18.5. The smallest absolute Gasteiger partial charge is 0.309 e. The van der Waals surface area contributed by atoms with Crippen LogP contribution in [0.3, 0.4) is 0 Å². The molecule has 29 heavy (non-hydrogen) atoms. The van der Waals surface area contributed by atoms with Gasteiger partial charge in [0, 0.05) is 6.08 Å². The SMILES string of the molecule is CCCCCC[C@H]1CC[C@H](OC(=O)[C@H]2CC[C@H](CCC=CC=CC#N)CC2)CC1. The average Bonchev–Trinajstić information content (AvgIpc) is 2.75. The van der Waals surface area contributed by atoms with E-state index < -0.39 is 0 Å². The average molecular weight is 400 g/mol. The van der Waals surface area contributed by atoms with E-state index >= 15 is 0 Å². The number of ether oxygens (including phenoxy) is 1. The van der Waals surface area contributed by atoms with E-state index in [9.17, 15) is 4.79 Å². The van der Waals surface area contributed by atoms with Crippen molar-refractivity contribution in [2.75, 3.05) is 0 Å². The molecule has 0 aromatic heterocycles. The molecule has 0 heterocycles. The zero-order chi connectivity index (χ0) is 20.7. The van der Waals surface area contributed by atoms with Crippen molar-refractivity contribution in [1.29, 1.82) is 5.26 Å². The molecule has 0 N–H and O–H groups in total. The van der Waals surface area contributed by atoms with Gasteiger partial charge < -0.3 is 4.74 Å². The number of allylic oxidation sites excluding steroid dienone is 4. The van der Waals surface area contributed by atoms with Crippen LogP contribution in [0.1, 0.15) is 103 Å². The Kier molecular flexibility index (Phi) is 11.8. The lowest BCUT2D eigenvalue weighted by molar-refractivity contribution is -0.157. The van der Waals surface area contributed by atoms with E-state index in [1.807, 2.05) is 12.1 Å². The molecule has 3 heteroatoms. The molecule has 2 aliphatic carbocycles. The lowest BCUT2D eigenvalue weighted by Crippen LogP contribution is -2.30. The number of hydrogen-bond donors (Lipinski definition) is 0. The molecule has 0 aromatic carbocycles. The highest BCUT2D eigenvalue weighted by Gasteiger charge is 2.30. The molecule has 0 aromatic rings. The molecule has 0 radical (unpaired) electrons. The molecule has 0 spiro atoms. The Bertz CT molecular complexity index is 544. The van der Waals surface area contributed by atoms with Crippen LogP contribution < -0.4 is 0 Å². The maximum atomic E-state index is 12.6. The van der Waals surface area contributed by atoms with Crippen LogP contribution in [0, 0.1) is 29.1 Å². The van der Waals surface area contributed by atoms with E-state index in [0.717, 1.165) is 56.8 Å². The molecule has 2 aliphatic rings. The summed E-state index contributed by atoms with van der Waals surface area (Å²) in [6.07, 6.45) is 25.5. The molecule has 2 rings (SSSR count). The van der Waals surface area contributed by atoms with Crippen molar-refractivity contribution >= 4 is 5.97 Å². The van der Waals surface area contributed by atoms with E-state index in [-0.39, 0.29) is 18.0 Å². The van der Waals surface area contributed by atoms with Gasteiger partial charge in [0.25, 0.3) is 0 Å².